The third-order valence-corrected chi connectivity index (χ3v) is 4.35. The second kappa shape index (κ2) is 6.14. The van der Waals surface area contributed by atoms with Gasteiger partial charge in [0.25, 0.3) is 0 Å². The minimum absolute atomic E-state index is 0.0229. The first kappa shape index (κ1) is 14.7. The maximum Gasteiger partial charge on any atom is 0.164 e. The van der Waals surface area contributed by atoms with Gasteiger partial charge in [-0.2, -0.15) is 0 Å². The van der Waals surface area contributed by atoms with E-state index in [-0.39, 0.29) is 5.78 Å². The van der Waals surface area contributed by atoms with Crippen molar-refractivity contribution in [1.29, 1.82) is 0 Å². The molecule has 0 saturated heterocycles. The van der Waals surface area contributed by atoms with E-state index in [0.717, 1.165) is 9.79 Å². The van der Waals surface area contributed by atoms with Crippen LogP contribution < -0.4 is 4.74 Å². The van der Waals surface area contributed by atoms with Gasteiger partial charge in [0.05, 0.1) is 12.7 Å². The van der Waals surface area contributed by atoms with Crippen molar-refractivity contribution in [2.45, 2.75) is 30.6 Å². The lowest BCUT2D eigenvalue weighted by atomic mass is 10.1. The van der Waals surface area contributed by atoms with Crippen molar-refractivity contribution >= 4 is 17.5 Å². The Balaban J connectivity index is 2.45. The third-order valence-electron chi connectivity index (χ3n) is 3.11. The molecule has 0 atom stereocenters. The van der Waals surface area contributed by atoms with E-state index < -0.39 is 0 Å². The van der Waals surface area contributed by atoms with Gasteiger partial charge in [0, 0.05) is 9.79 Å². The second-order valence-corrected chi connectivity index (χ2v) is 5.84. The molecule has 2 aromatic carbocycles. The number of aryl methyl sites for hydroxylation is 2. The van der Waals surface area contributed by atoms with E-state index in [1.54, 1.807) is 25.8 Å². The largest absolute Gasteiger partial charge is 0.496 e. The standard InChI is InChI=1S/C17H18O2S/c1-11-8-9-15(12(2)10-11)20-16-7-5-6-14(19-4)17(16)13(3)18/h5-10H,1-4H3. The van der Waals surface area contributed by atoms with Crippen LogP contribution in [0.25, 0.3) is 0 Å². The average Bonchev–Trinajstić information content (AvgIpc) is 2.41. The molecular weight excluding hydrogens is 268 g/mol. The quantitative estimate of drug-likeness (QED) is 0.764. The van der Waals surface area contributed by atoms with Crippen LogP contribution >= 0.6 is 11.8 Å². The van der Waals surface area contributed by atoms with Crippen LogP contribution in [0.2, 0.25) is 0 Å². The number of rotatable bonds is 4. The number of ether oxygens (including phenoxy) is 1. The normalized spacial score (nSPS) is 10.4. The summed E-state index contributed by atoms with van der Waals surface area (Å²) in [4.78, 5) is 14.0. The minimum atomic E-state index is 0.0229. The molecule has 0 aromatic heterocycles. The summed E-state index contributed by atoms with van der Waals surface area (Å²) in [6, 6.07) is 12.0. The highest BCUT2D eigenvalue weighted by Gasteiger charge is 2.15. The summed E-state index contributed by atoms with van der Waals surface area (Å²) < 4.78 is 5.30. The highest BCUT2D eigenvalue weighted by Crippen LogP contribution is 2.36. The second-order valence-electron chi connectivity index (χ2n) is 4.76. The zero-order chi connectivity index (χ0) is 14.7. The molecule has 2 rings (SSSR count). The minimum Gasteiger partial charge on any atom is -0.496 e. The lowest BCUT2D eigenvalue weighted by Crippen LogP contribution is -2.00. The molecule has 0 radical (unpaired) electrons. The lowest BCUT2D eigenvalue weighted by Gasteiger charge is -2.12. The Labute approximate surface area is 124 Å². The summed E-state index contributed by atoms with van der Waals surface area (Å²) in [6.45, 7) is 5.74. The van der Waals surface area contributed by atoms with E-state index in [2.05, 4.69) is 32.0 Å². The summed E-state index contributed by atoms with van der Waals surface area (Å²) in [5, 5.41) is 0. The molecule has 0 bridgehead atoms. The predicted octanol–water partition coefficient (Wildman–Crippen LogP) is 4.67. The van der Waals surface area contributed by atoms with Gasteiger partial charge in [0.2, 0.25) is 0 Å². The zero-order valence-corrected chi connectivity index (χ0v) is 13.0. The molecule has 2 nitrogen and oxygen atoms in total. The topological polar surface area (TPSA) is 26.3 Å². The average molecular weight is 286 g/mol. The first-order chi connectivity index (χ1) is 9.52. The third kappa shape index (κ3) is 3.05. The number of benzene rings is 2. The van der Waals surface area contributed by atoms with Crippen LogP contribution in [0.15, 0.2) is 46.2 Å². The first-order valence-electron chi connectivity index (χ1n) is 6.46. The number of carbonyl (C=O) groups excluding carboxylic acids is 1. The van der Waals surface area contributed by atoms with E-state index in [1.807, 2.05) is 18.2 Å². The van der Waals surface area contributed by atoms with Crippen molar-refractivity contribution in [3.63, 3.8) is 0 Å². The maximum absolute atomic E-state index is 11.9. The zero-order valence-electron chi connectivity index (χ0n) is 12.2. The summed E-state index contributed by atoms with van der Waals surface area (Å²) >= 11 is 1.61. The van der Waals surface area contributed by atoms with Gasteiger partial charge >= 0.3 is 0 Å². The Bertz CT molecular complexity index is 647. The summed E-state index contributed by atoms with van der Waals surface area (Å²) in [6.07, 6.45) is 0. The molecule has 0 fully saturated rings. The fourth-order valence-corrected chi connectivity index (χ4v) is 3.23. The van der Waals surface area contributed by atoms with Crippen molar-refractivity contribution < 1.29 is 9.53 Å². The fraction of sp³-hybridized carbons (Fsp3) is 0.235. The van der Waals surface area contributed by atoms with Gasteiger partial charge in [-0.15, -0.1) is 0 Å². The Morgan fingerprint density at radius 1 is 1.10 bits per heavy atom. The molecule has 2 aromatic rings. The van der Waals surface area contributed by atoms with Crippen LogP contribution in [0.1, 0.15) is 28.4 Å². The molecule has 0 amide bonds. The van der Waals surface area contributed by atoms with Crippen LogP contribution in [0.3, 0.4) is 0 Å². The van der Waals surface area contributed by atoms with Crippen LogP contribution in [-0.2, 0) is 0 Å². The Morgan fingerprint density at radius 3 is 2.45 bits per heavy atom. The Morgan fingerprint density at radius 2 is 1.85 bits per heavy atom. The van der Waals surface area contributed by atoms with Gasteiger partial charge in [0.1, 0.15) is 5.75 Å². The Kier molecular flexibility index (Phi) is 4.50. The van der Waals surface area contributed by atoms with Crippen LogP contribution in [0.4, 0.5) is 0 Å². The van der Waals surface area contributed by atoms with Gasteiger partial charge < -0.3 is 4.74 Å². The van der Waals surface area contributed by atoms with Crippen LogP contribution in [0, 0.1) is 13.8 Å². The maximum atomic E-state index is 11.9. The van der Waals surface area contributed by atoms with Gasteiger partial charge in [-0.3, -0.25) is 4.79 Å². The predicted molar refractivity (Wildman–Crippen MR) is 83.0 cm³/mol. The van der Waals surface area contributed by atoms with Crippen LogP contribution in [0.5, 0.6) is 5.75 Å². The first-order valence-corrected chi connectivity index (χ1v) is 7.27. The van der Waals surface area contributed by atoms with Crippen molar-refractivity contribution in [3.8, 4) is 5.75 Å². The van der Waals surface area contributed by atoms with E-state index >= 15 is 0 Å². The van der Waals surface area contributed by atoms with E-state index in [1.165, 1.54) is 11.1 Å². The van der Waals surface area contributed by atoms with E-state index in [4.69, 9.17) is 4.74 Å². The number of methoxy groups -OCH3 is 1. The lowest BCUT2D eigenvalue weighted by molar-refractivity contribution is 0.101. The van der Waals surface area contributed by atoms with Gasteiger partial charge in [0.15, 0.2) is 5.78 Å². The molecule has 0 saturated carbocycles. The SMILES string of the molecule is COc1cccc(Sc2ccc(C)cc2C)c1C(C)=O. The van der Waals surface area contributed by atoms with Crippen molar-refractivity contribution in [2.24, 2.45) is 0 Å². The number of hydrogen-bond donors (Lipinski definition) is 0. The fourth-order valence-electron chi connectivity index (χ4n) is 2.15. The van der Waals surface area contributed by atoms with Gasteiger partial charge in [-0.05, 0) is 44.5 Å². The summed E-state index contributed by atoms with van der Waals surface area (Å²) in [7, 11) is 1.59. The molecule has 0 spiro atoms. The van der Waals surface area contributed by atoms with E-state index in [0.29, 0.717) is 11.3 Å². The summed E-state index contributed by atoms with van der Waals surface area (Å²) in [5.74, 6) is 0.655. The van der Waals surface area contributed by atoms with Crippen molar-refractivity contribution in [2.75, 3.05) is 7.11 Å². The van der Waals surface area contributed by atoms with Crippen LogP contribution in [-0.4, -0.2) is 12.9 Å². The molecule has 0 unspecified atom stereocenters. The van der Waals surface area contributed by atoms with Gasteiger partial charge in [-0.25, -0.2) is 0 Å². The summed E-state index contributed by atoms with van der Waals surface area (Å²) in [5.41, 5.74) is 3.11. The number of Topliss-reactive ketones (excluding diaryl/α,β-unsaturated/α-hetero) is 1. The monoisotopic (exact) mass is 286 g/mol. The van der Waals surface area contributed by atoms with Crippen molar-refractivity contribution in [3.05, 3.63) is 53.1 Å². The van der Waals surface area contributed by atoms with E-state index in [9.17, 15) is 4.79 Å². The molecule has 0 aliphatic rings. The molecular formula is C17H18O2S. The number of carbonyl (C=O) groups is 1. The highest BCUT2D eigenvalue weighted by molar-refractivity contribution is 7.99. The molecule has 20 heavy (non-hydrogen) atoms. The molecule has 0 heterocycles. The highest BCUT2D eigenvalue weighted by atomic mass is 32.2. The smallest absolute Gasteiger partial charge is 0.164 e. The number of ketones is 1. The Hall–Kier alpha value is -1.74. The number of hydrogen-bond acceptors (Lipinski definition) is 3. The molecule has 104 valence electrons. The molecule has 0 aliphatic carbocycles. The molecule has 0 N–H and O–H groups in total. The van der Waals surface area contributed by atoms with Crippen molar-refractivity contribution in [1.82, 2.24) is 0 Å². The van der Waals surface area contributed by atoms with Gasteiger partial charge in [-0.1, -0.05) is 35.5 Å². The molecule has 0 aliphatic heterocycles. The molecule has 3 heteroatoms.